The standard InChI is InChI=1S/C16H25N3O5S/c1-4-5-9-17-25(23,24)13-7-6-12(2)14(11-13)18-16(22)19(3)10-8-15(20)21/h6-7,11,17H,4-5,8-10H2,1-3H3,(H,18,22)(H,20,21). The fourth-order valence-electron chi connectivity index (χ4n) is 1.95. The van der Waals surface area contributed by atoms with E-state index in [2.05, 4.69) is 10.0 Å². The molecule has 0 fully saturated rings. The molecule has 0 aliphatic carbocycles. The Kier molecular flexibility index (Phi) is 7.85. The zero-order chi connectivity index (χ0) is 19.0. The van der Waals surface area contributed by atoms with Crippen LogP contribution in [0.15, 0.2) is 23.1 Å². The minimum atomic E-state index is -3.64. The molecule has 0 bridgehead atoms. The van der Waals surface area contributed by atoms with Gasteiger partial charge in [0.25, 0.3) is 0 Å². The van der Waals surface area contributed by atoms with E-state index in [-0.39, 0.29) is 17.9 Å². The van der Waals surface area contributed by atoms with Crippen molar-refractivity contribution in [2.24, 2.45) is 0 Å². The highest BCUT2D eigenvalue weighted by Gasteiger charge is 2.17. The number of rotatable bonds is 9. The molecule has 8 nitrogen and oxygen atoms in total. The molecule has 0 unspecified atom stereocenters. The Morgan fingerprint density at radius 1 is 1.28 bits per heavy atom. The number of sulfonamides is 1. The normalized spacial score (nSPS) is 11.2. The lowest BCUT2D eigenvalue weighted by atomic mass is 10.2. The fourth-order valence-corrected chi connectivity index (χ4v) is 3.05. The van der Waals surface area contributed by atoms with Gasteiger partial charge in [0.1, 0.15) is 0 Å². The van der Waals surface area contributed by atoms with Gasteiger partial charge in [-0.25, -0.2) is 17.9 Å². The monoisotopic (exact) mass is 371 g/mol. The maximum absolute atomic E-state index is 12.3. The molecule has 0 spiro atoms. The third-order valence-electron chi connectivity index (χ3n) is 3.59. The third-order valence-corrected chi connectivity index (χ3v) is 5.05. The number of hydrogen-bond donors (Lipinski definition) is 3. The number of aliphatic carboxylic acids is 1. The van der Waals surface area contributed by atoms with Gasteiger partial charge in [-0.15, -0.1) is 0 Å². The summed E-state index contributed by atoms with van der Waals surface area (Å²) in [6.07, 6.45) is 1.45. The van der Waals surface area contributed by atoms with Gasteiger partial charge in [0.15, 0.2) is 0 Å². The van der Waals surface area contributed by atoms with E-state index in [0.29, 0.717) is 17.8 Å². The number of nitrogens with zero attached hydrogens (tertiary/aromatic N) is 1. The largest absolute Gasteiger partial charge is 0.481 e. The minimum absolute atomic E-state index is 0.0524. The van der Waals surface area contributed by atoms with Crippen molar-refractivity contribution in [3.63, 3.8) is 0 Å². The summed E-state index contributed by atoms with van der Waals surface area (Å²) in [6.45, 7) is 4.12. The van der Waals surface area contributed by atoms with Gasteiger partial charge in [0, 0.05) is 25.8 Å². The van der Waals surface area contributed by atoms with Gasteiger partial charge in [-0.2, -0.15) is 0 Å². The molecule has 1 aromatic carbocycles. The number of hydrogen-bond acceptors (Lipinski definition) is 4. The summed E-state index contributed by atoms with van der Waals surface area (Å²) >= 11 is 0. The van der Waals surface area contributed by atoms with Crippen molar-refractivity contribution >= 4 is 27.7 Å². The van der Waals surface area contributed by atoms with Crippen molar-refractivity contribution in [3.8, 4) is 0 Å². The number of carboxylic acids is 1. The van der Waals surface area contributed by atoms with Crippen molar-refractivity contribution in [3.05, 3.63) is 23.8 Å². The van der Waals surface area contributed by atoms with Crippen LogP contribution in [0.5, 0.6) is 0 Å². The molecule has 1 aromatic rings. The van der Waals surface area contributed by atoms with Crippen LogP contribution in [0.3, 0.4) is 0 Å². The Morgan fingerprint density at radius 3 is 2.56 bits per heavy atom. The van der Waals surface area contributed by atoms with Gasteiger partial charge in [-0.1, -0.05) is 19.4 Å². The molecule has 9 heteroatoms. The van der Waals surface area contributed by atoms with Crippen LogP contribution in [0.4, 0.5) is 10.5 Å². The van der Waals surface area contributed by atoms with Crippen LogP contribution in [0.1, 0.15) is 31.7 Å². The van der Waals surface area contributed by atoms with Crippen molar-refractivity contribution < 1.29 is 23.1 Å². The van der Waals surface area contributed by atoms with E-state index in [9.17, 15) is 18.0 Å². The predicted molar refractivity (Wildman–Crippen MR) is 95.2 cm³/mol. The first kappa shape index (κ1) is 20.9. The Balaban J connectivity index is 2.87. The smallest absolute Gasteiger partial charge is 0.321 e. The van der Waals surface area contributed by atoms with Crippen LogP contribution < -0.4 is 10.0 Å². The lowest BCUT2D eigenvalue weighted by Gasteiger charge is -2.18. The lowest BCUT2D eigenvalue weighted by molar-refractivity contribution is -0.137. The van der Waals surface area contributed by atoms with Gasteiger partial charge in [0.05, 0.1) is 11.3 Å². The second-order valence-corrected chi connectivity index (χ2v) is 7.49. The molecule has 140 valence electrons. The number of benzene rings is 1. The second kappa shape index (κ2) is 9.38. The fraction of sp³-hybridized carbons (Fsp3) is 0.500. The highest BCUT2D eigenvalue weighted by molar-refractivity contribution is 7.89. The van der Waals surface area contributed by atoms with Crippen LogP contribution >= 0.6 is 0 Å². The molecule has 0 aromatic heterocycles. The summed E-state index contributed by atoms with van der Waals surface area (Å²) < 4.78 is 27.1. The number of anilines is 1. The number of amides is 2. The van der Waals surface area contributed by atoms with E-state index < -0.39 is 22.0 Å². The summed E-state index contributed by atoms with van der Waals surface area (Å²) in [5, 5.41) is 11.3. The summed E-state index contributed by atoms with van der Waals surface area (Å²) in [5.74, 6) is -0.998. The number of aryl methyl sites for hydroxylation is 1. The molecule has 0 saturated heterocycles. The zero-order valence-electron chi connectivity index (χ0n) is 14.7. The van der Waals surface area contributed by atoms with Crippen LogP contribution in [-0.4, -0.2) is 50.6 Å². The minimum Gasteiger partial charge on any atom is -0.481 e. The van der Waals surface area contributed by atoms with Crippen molar-refractivity contribution in [2.45, 2.75) is 38.0 Å². The van der Waals surface area contributed by atoms with Crippen LogP contribution in [0.2, 0.25) is 0 Å². The van der Waals surface area contributed by atoms with E-state index in [1.54, 1.807) is 13.0 Å². The van der Waals surface area contributed by atoms with Gasteiger partial charge in [0.2, 0.25) is 10.0 Å². The van der Waals surface area contributed by atoms with Gasteiger partial charge < -0.3 is 15.3 Å². The summed E-state index contributed by atoms with van der Waals surface area (Å²) in [5.41, 5.74) is 1.07. The summed E-state index contributed by atoms with van der Waals surface area (Å²) in [6, 6.07) is 3.99. The lowest BCUT2D eigenvalue weighted by Crippen LogP contribution is -2.33. The van der Waals surface area contributed by atoms with E-state index in [1.807, 2.05) is 6.92 Å². The molecule has 25 heavy (non-hydrogen) atoms. The quantitative estimate of drug-likeness (QED) is 0.574. The molecule has 2 amide bonds. The molecule has 3 N–H and O–H groups in total. The maximum Gasteiger partial charge on any atom is 0.321 e. The van der Waals surface area contributed by atoms with Crippen molar-refractivity contribution in [1.82, 2.24) is 9.62 Å². The van der Waals surface area contributed by atoms with Gasteiger partial charge in [-0.05, 0) is 31.0 Å². The Labute approximate surface area is 148 Å². The van der Waals surface area contributed by atoms with E-state index >= 15 is 0 Å². The molecule has 0 saturated carbocycles. The van der Waals surface area contributed by atoms with E-state index in [1.165, 1.54) is 24.1 Å². The van der Waals surface area contributed by atoms with Crippen molar-refractivity contribution in [2.75, 3.05) is 25.5 Å². The number of urea groups is 1. The van der Waals surface area contributed by atoms with Crippen molar-refractivity contribution in [1.29, 1.82) is 0 Å². The first-order valence-electron chi connectivity index (χ1n) is 8.01. The first-order valence-corrected chi connectivity index (χ1v) is 9.50. The number of carbonyl (C=O) groups excluding carboxylic acids is 1. The highest BCUT2D eigenvalue weighted by Crippen LogP contribution is 2.20. The van der Waals surface area contributed by atoms with Crippen LogP contribution in [0.25, 0.3) is 0 Å². The van der Waals surface area contributed by atoms with Crippen LogP contribution in [-0.2, 0) is 14.8 Å². The SMILES string of the molecule is CCCCNS(=O)(=O)c1ccc(C)c(NC(=O)N(C)CCC(=O)O)c1. The average Bonchev–Trinajstić information content (AvgIpc) is 2.54. The topological polar surface area (TPSA) is 116 Å². The average molecular weight is 371 g/mol. The zero-order valence-corrected chi connectivity index (χ0v) is 15.5. The van der Waals surface area contributed by atoms with Gasteiger partial charge >= 0.3 is 12.0 Å². The molecule has 0 atom stereocenters. The maximum atomic E-state index is 12.3. The molecular formula is C16H25N3O5S. The summed E-state index contributed by atoms with van der Waals surface area (Å²) in [7, 11) is -2.17. The number of nitrogens with one attached hydrogen (secondary N) is 2. The van der Waals surface area contributed by atoms with Gasteiger partial charge in [-0.3, -0.25) is 4.79 Å². The molecule has 0 radical (unpaired) electrons. The second-order valence-electron chi connectivity index (χ2n) is 5.72. The van der Waals surface area contributed by atoms with E-state index in [4.69, 9.17) is 5.11 Å². The number of unbranched alkanes of at least 4 members (excludes halogenated alkanes) is 1. The Hall–Kier alpha value is -2.13. The summed E-state index contributed by atoms with van der Waals surface area (Å²) in [4.78, 5) is 24.0. The highest BCUT2D eigenvalue weighted by atomic mass is 32.2. The molecular weight excluding hydrogens is 346 g/mol. The molecule has 0 aliphatic heterocycles. The predicted octanol–water partition coefficient (Wildman–Crippen LogP) is 2.01. The van der Waals surface area contributed by atoms with E-state index in [0.717, 1.165) is 12.8 Å². The Bertz CT molecular complexity index is 718. The number of carbonyl (C=O) groups is 2. The third kappa shape index (κ3) is 6.71. The molecule has 0 aliphatic rings. The number of carboxylic acid groups (broad SMARTS) is 1. The van der Waals surface area contributed by atoms with Crippen LogP contribution in [0, 0.1) is 6.92 Å². The Morgan fingerprint density at radius 2 is 1.96 bits per heavy atom. The molecule has 1 rings (SSSR count). The first-order chi connectivity index (χ1) is 11.7. The molecule has 0 heterocycles.